The van der Waals surface area contributed by atoms with E-state index in [1.807, 2.05) is 36.4 Å². The number of carbonyl (C=O) groups is 1. The van der Waals surface area contributed by atoms with Crippen molar-refractivity contribution in [2.24, 2.45) is 0 Å². The zero-order valence-corrected chi connectivity index (χ0v) is 12.6. The zero-order valence-electron chi connectivity index (χ0n) is 12.6. The summed E-state index contributed by atoms with van der Waals surface area (Å²) in [6.07, 6.45) is 6.43. The van der Waals surface area contributed by atoms with Crippen LogP contribution in [-0.4, -0.2) is 27.7 Å². The summed E-state index contributed by atoms with van der Waals surface area (Å²) in [4.78, 5) is 16.1. The number of rotatable bonds is 5. The van der Waals surface area contributed by atoms with E-state index in [2.05, 4.69) is 10.1 Å². The van der Waals surface area contributed by atoms with Crippen LogP contribution in [0.2, 0.25) is 0 Å². The highest BCUT2D eigenvalue weighted by Gasteiger charge is 2.03. The summed E-state index contributed by atoms with van der Waals surface area (Å²) in [5, 5.41) is 4.05. The molecule has 5 nitrogen and oxygen atoms in total. The van der Waals surface area contributed by atoms with Crippen molar-refractivity contribution in [3.63, 3.8) is 0 Å². The summed E-state index contributed by atoms with van der Waals surface area (Å²) in [6.45, 7) is 0. The molecular weight excluding hydrogens is 290 g/mol. The first-order valence-corrected chi connectivity index (χ1v) is 7.08. The molecule has 0 aliphatic carbocycles. The summed E-state index contributed by atoms with van der Waals surface area (Å²) in [7, 11) is 1.62. The minimum atomic E-state index is -0.0500. The normalized spacial score (nSPS) is 10.8. The molecular formula is C18H15N3O2. The number of nitrogens with zero attached hydrogens (tertiary/aromatic N) is 3. The van der Waals surface area contributed by atoms with Crippen molar-refractivity contribution in [3.8, 4) is 11.4 Å². The van der Waals surface area contributed by atoms with Crippen LogP contribution in [0.4, 0.5) is 0 Å². The van der Waals surface area contributed by atoms with Gasteiger partial charge in [0, 0.05) is 5.56 Å². The summed E-state index contributed by atoms with van der Waals surface area (Å²) < 4.78 is 6.74. The summed E-state index contributed by atoms with van der Waals surface area (Å²) in [5.74, 6) is 0.739. The fourth-order valence-corrected chi connectivity index (χ4v) is 2.10. The fourth-order valence-electron chi connectivity index (χ4n) is 2.10. The zero-order chi connectivity index (χ0) is 16.1. The number of ether oxygens (including phenoxy) is 1. The Kier molecular flexibility index (Phi) is 4.29. The van der Waals surface area contributed by atoms with Crippen molar-refractivity contribution in [1.82, 2.24) is 14.8 Å². The van der Waals surface area contributed by atoms with Gasteiger partial charge in [-0.05, 0) is 48.0 Å². The Morgan fingerprint density at radius 3 is 2.43 bits per heavy atom. The molecule has 0 aliphatic heterocycles. The summed E-state index contributed by atoms with van der Waals surface area (Å²) in [5.41, 5.74) is 2.43. The molecule has 0 amide bonds. The molecule has 23 heavy (non-hydrogen) atoms. The van der Waals surface area contributed by atoms with E-state index in [-0.39, 0.29) is 5.78 Å². The van der Waals surface area contributed by atoms with E-state index in [1.165, 1.54) is 6.33 Å². The van der Waals surface area contributed by atoms with E-state index in [9.17, 15) is 4.79 Å². The minimum absolute atomic E-state index is 0.0500. The van der Waals surface area contributed by atoms with E-state index in [1.54, 1.807) is 42.4 Å². The number of carbonyl (C=O) groups excluding carboxylic acids is 1. The Hall–Kier alpha value is -3.21. The Morgan fingerprint density at radius 2 is 1.83 bits per heavy atom. The second-order valence-corrected chi connectivity index (χ2v) is 4.86. The van der Waals surface area contributed by atoms with E-state index in [0.29, 0.717) is 5.56 Å². The summed E-state index contributed by atoms with van der Waals surface area (Å²) >= 11 is 0. The molecule has 3 rings (SSSR count). The van der Waals surface area contributed by atoms with Gasteiger partial charge < -0.3 is 4.74 Å². The maximum atomic E-state index is 12.2. The first kappa shape index (κ1) is 14.7. The van der Waals surface area contributed by atoms with Crippen LogP contribution in [0.1, 0.15) is 15.9 Å². The molecule has 5 heteroatoms. The smallest absolute Gasteiger partial charge is 0.185 e. The molecule has 0 unspecified atom stereocenters. The van der Waals surface area contributed by atoms with Crippen LogP contribution < -0.4 is 4.74 Å². The number of allylic oxidation sites excluding steroid dienone is 1. The Morgan fingerprint density at radius 1 is 1.09 bits per heavy atom. The molecule has 0 N–H and O–H groups in total. The van der Waals surface area contributed by atoms with Crippen LogP contribution in [0, 0.1) is 0 Å². The van der Waals surface area contributed by atoms with E-state index in [0.717, 1.165) is 17.0 Å². The van der Waals surface area contributed by atoms with E-state index >= 15 is 0 Å². The molecule has 3 aromatic rings. The number of ketones is 1. The molecule has 0 fully saturated rings. The third-order valence-electron chi connectivity index (χ3n) is 3.38. The van der Waals surface area contributed by atoms with Gasteiger partial charge in [-0.3, -0.25) is 4.79 Å². The van der Waals surface area contributed by atoms with Crippen molar-refractivity contribution < 1.29 is 9.53 Å². The lowest BCUT2D eigenvalue weighted by molar-refractivity contribution is 0.104. The SMILES string of the molecule is COc1ccc(/C=C/C(=O)c2ccc(-n3cncn3)cc2)cc1. The second-order valence-electron chi connectivity index (χ2n) is 4.86. The second kappa shape index (κ2) is 6.70. The van der Waals surface area contributed by atoms with Gasteiger partial charge in [0.2, 0.25) is 0 Å². The lowest BCUT2D eigenvalue weighted by atomic mass is 10.1. The topological polar surface area (TPSA) is 57.0 Å². The molecule has 0 saturated carbocycles. The monoisotopic (exact) mass is 305 g/mol. The number of aromatic nitrogens is 3. The van der Waals surface area contributed by atoms with Gasteiger partial charge in [-0.2, -0.15) is 5.10 Å². The number of hydrogen-bond acceptors (Lipinski definition) is 4. The molecule has 0 saturated heterocycles. The molecule has 1 heterocycles. The van der Waals surface area contributed by atoms with Crippen molar-refractivity contribution in [3.05, 3.63) is 78.4 Å². The van der Waals surface area contributed by atoms with Gasteiger partial charge in [0.05, 0.1) is 12.8 Å². The average molecular weight is 305 g/mol. The van der Waals surface area contributed by atoms with Gasteiger partial charge >= 0.3 is 0 Å². The van der Waals surface area contributed by atoms with Crippen LogP contribution in [0.5, 0.6) is 5.75 Å². The Labute approximate surface area is 133 Å². The van der Waals surface area contributed by atoms with Crippen molar-refractivity contribution in [2.75, 3.05) is 7.11 Å². The molecule has 0 bridgehead atoms. The van der Waals surface area contributed by atoms with Gasteiger partial charge in [0.25, 0.3) is 0 Å². The van der Waals surface area contributed by atoms with Crippen molar-refractivity contribution >= 4 is 11.9 Å². The third kappa shape index (κ3) is 3.52. The summed E-state index contributed by atoms with van der Waals surface area (Å²) in [6, 6.07) is 14.7. The van der Waals surface area contributed by atoms with Gasteiger partial charge in [-0.15, -0.1) is 0 Å². The van der Waals surface area contributed by atoms with E-state index < -0.39 is 0 Å². The maximum absolute atomic E-state index is 12.2. The average Bonchev–Trinajstić information content (AvgIpc) is 3.15. The number of benzene rings is 2. The van der Waals surface area contributed by atoms with E-state index in [4.69, 9.17) is 4.74 Å². The highest BCUT2D eigenvalue weighted by Crippen LogP contribution is 2.13. The van der Waals surface area contributed by atoms with Gasteiger partial charge in [-0.25, -0.2) is 9.67 Å². The van der Waals surface area contributed by atoms with Crippen molar-refractivity contribution in [2.45, 2.75) is 0 Å². The molecule has 114 valence electrons. The van der Waals surface area contributed by atoms with Crippen LogP contribution in [0.3, 0.4) is 0 Å². The van der Waals surface area contributed by atoms with Gasteiger partial charge in [0.1, 0.15) is 18.4 Å². The quantitative estimate of drug-likeness (QED) is 0.536. The fraction of sp³-hybridized carbons (Fsp3) is 0.0556. The Bertz CT molecular complexity index is 804. The molecule has 1 aromatic heterocycles. The molecule has 0 spiro atoms. The number of hydrogen-bond donors (Lipinski definition) is 0. The van der Waals surface area contributed by atoms with Crippen LogP contribution in [0.15, 0.2) is 67.3 Å². The highest BCUT2D eigenvalue weighted by molar-refractivity contribution is 6.06. The molecule has 0 radical (unpaired) electrons. The first-order chi connectivity index (χ1) is 11.3. The lowest BCUT2D eigenvalue weighted by Crippen LogP contribution is -1.97. The standard InChI is InChI=1S/C18H15N3O2/c1-23-17-9-2-14(3-10-17)4-11-18(22)15-5-7-16(8-6-15)21-13-19-12-20-21/h2-13H,1H3/b11-4+. The third-order valence-corrected chi connectivity index (χ3v) is 3.38. The molecule has 2 aromatic carbocycles. The highest BCUT2D eigenvalue weighted by atomic mass is 16.5. The largest absolute Gasteiger partial charge is 0.497 e. The minimum Gasteiger partial charge on any atom is -0.497 e. The molecule has 0 aliphatic rings. The number of methoxy groups -OCH3 is 1. The van der Waals surface area contributed by atoms with Crippen molar-refractivity contribution in [1.29, 1.82) is 0 Å². The Balaban J connectivity index is 1.71. The van der Waals surface area contributed by atoms with Gasteiger partial charge in [0.15, 0.2) is 5.78 Å². The van der Waals surface area contributed by atoms with Crippen LogP contribution in [0.25, 0.3) is 11.8 Å². The van der Waals surface area contributed by atoms with Crippen LogP contribution in [-0.2, 0) is 0 Å². The molecule has 0 atom stereocenters. The predicted molar refractivity (Wildman–Crippen MR) is 87.7 cm³/mol. The van der Waals surface area contributed by atoms with Crippen LogP contribution >= 0.6 is 0 Å². The first-order valence-electron chi connectivity index (χ1n) is 7.08. The predicted octanol–water partition coefficient (Wildman–Crippen LogP) is 3.17. The lowest BCUT2D eigenvalue weighted by Gasteiger charge is -2.01. The maximum Gasteiger partial charge on any atom is 0.185 e. The van der Waals surface area contributed by atoms with Gasteiger partial charge in [-0.1, -0.05) is 18.2 Å².